The van der Waals surface area contributed by atoms with Crippen molar-refractivity contribution in [3.05, 3.63) is 54.1 Å². The molecule has 106 valence electrons. The van der Waals surface area contributed by atoms with Gasteiger partial charge in [0, 0.05) is 14.7 Å². The Balaban J connectivity index is 2.09. The molecule has 0 amide bonds. The van der Waals surface area contributed by atoms with Gasteiger partial charge in [-0.15, -0.1) is 11.8 Å². The Kier molecular flexibility index (Phi) is 5.90. The number of carbonyl (C=O) groups excluding carboxylic acids is 1. The van der Waals surface area contributed by atoms with E-state index < -0.39 is 5.92 Å². The maximum Gasteiger partial charge on any atom is 0.213 e. The molecule has 1 unspecified atom stereocenters. The molecule has 0 aliphatic carbocycles. The summed E-state index contributed by atoms with van der Waals surface area (Å²) in [5, 5.41) is 3.27. The number of benzene rings is 2. The smallest absolute Gasteiger partial charge is 0.213 e. The normalized spacial score (nSPS) is 12.4. The first-order valence-electron chi connectivity index (χ1n) is 6.22. The number of nitrogens with zero attached hydrogens (tertiary/aromatic N) is 1. The molecule has 0 saturated heterocycles. The molecule has 2 N–H and O–H groups in total. The van der Waals surface area contributed by atoms with Crippen LogP contribution in [0.4, 0.5) is 0 Å². The zero-order valence-electron chi connectivity index (χ0n) is 11.4. The Morgan fingerprint density at radius 2 is 1.52 bits per heavy atom. The van der Waals surface area contributed by atoms with E-state index in [-0.39, 0.29) is 0 Å². The third-order valence-electron chi connectivity index (χ3n) is 2.83. The van der Waals surface area contributed by atoms with Crippen LogP contribution in [-0.2, 0) is 4.79 Å². The second-order valence-electron chi connectivity index (χ2n) is 4.16. The van der Waals surface area contributed by atoms with Gasteiger partial charge in [0.15, 0.2) is 0 Å². The van der Waals surface area contributed by atoms with E-state index in [1.54, 1.807) is 23.5 Å². The summed E-state index contributed by atoms with van der Waals surface area (Å²) in [5.41, 5.74) is 0.779. The summed E-state index contributed by atoms with van der Waals surface area (Å²) >= 11 is 3.40. The van der Waals surface area contributed by atoms with Gasteiger partial charge in [0.05, 0.1) is 12.1 Å². The van der Waals surface area contributed by atoms with Gasteiger partial charge in [0.1, 0.15) is 0 Å². The second-order valence-corrected chi connectivity index (χ2v) is 6.18. The van der Waals surface area contributed by atoms with E-state index in [1.165, 1.54) is 9.79 Å². The molecule has 1 atom stereocenters. The maximum absolute atomic E-state index is 10.8. The largest absolute Gasteiger partial charge is 0.323 e. The molecule has 3 nitrogen and oxygen atoms in total. The highest BCUT2D eigenvalue weighted by atomic mass is 32.2. The van der Waals surface area contributed by atoms with Crippen LogP contribution in [0.1, 0.15) is 11.5 Å². The molecule has 0 spiro atoms. The number of nitrogens with two attached hydrogens (primary N) is 1. The Labute approximate surface area is 133 Å². The van der Waals surface area contributed by atoms with E-state index in [1.807, 2.05) is 30.6 Å². The fourth-order valence-corrected chi connectivity index (χ4v) is 2.98. The van der Waals surface area contributed by atoms with Gasteiger partial charge in [-0.1, -0.05) is 23.9 Å². The van der Waals surface area contributed by atoms with Crippen LogP contribution in [0.15, 0.2) is 68.3 Å². The van der Waals surface area contributed by atoms with Gasteiger partial charge in [-0.3, -0.25) is 4.79 Å². The van der Waals surface area contributed by atoms with Gasteiger partial charge in [0.25, 0.3) is 0 Å². The number of rotatable bonds is 6. The SMILES string of the molecule is CSc1ccc(Sc2ccc(C([C]=O)/[C]=N\N)cc2)cc1. The van der Waals surface area contributed by atoms with Crippen molar-refractivity contribution in [2.24, 2.45) is 10.9 Å². The van der Waals surface area contributed by atoms with Crippen LogP contribution in [0.3, 0.4) is 0 Å². The van der Waals surface area contributed by atoms with E-state index >= 15 is 0 Å². The highest BCUT2D eigenvalue weighted by Gasteiger charge is 2.09. The topological polar surface area (TPSA) is 55.5 Å². The van der Waals surface area contributed by atoms with Gasteiger partial charge >= 0.3 is 0 Å². The summed E-state index contributed by atoms with van der Waals surface area (Å²) in [5.74, 6) is 4.40. The summed E-state index contributed by atoms with van der Waals surface area (Å²) in [4.78, 5) is 14.3. The number of hydrogen-bond acceptors (Lipinski definition) is 5. The lowest BCUT2D eigenvalue weighted by Crippen LogP contribution is -2.02. The molecule has 5 heteroatoms. The standard InChI is InChI=1S/C16H14N2OS2/c1-20-14-6-8-16(9-7-14)21-15-4-2-12(3-5-15)13(11-19)10-18-17/h2-9,13H,17H2,1H3. The molecule has 0 aromatic heterocycles. The molecule has 0 aliphatic rings. The Morgan fingerprint density at radius 3 is 2.00 bits per heavy atom. The van der Waals surface area contributed by atoms with E-state index in [4.69, 9.17) is 5.84 Å². The first-order valence-corrected chi connectivity index (χ1v) is 8.26. The van der Waals surface area contributed by atoms with Crippen molar-refractivity contribution in [2.45, 2.75) is 20.6 Å². The van der Waals surface area contributed by atoms with E-state index in [0.29, 0.717) is 0 Å². The van der Waals surface area contributed by atoms with Gasteiger partial charge in [-0.2, -0.15) is 5.10 Å². The summed E-state index contributed by atoms with van der Waals surface area (Å²) in [6.07, 6.45) is 6.42. The quantitative estimate of drug-likeness (QED) is 0.383. The lowest BCUT2D eigenvalue weighted by Gasteiger charge is -2.06. The van der Waals surface area contributed by atoms with Gasteiger partial charge < -0.3 is 5.84 Å². The molecule has 2 aromatic carbocycles. The molecule has 0 heterocycles. The summed E-state index contributed by atoms with van der Waals surface area (Å²) in [6, 6.07) is 16.1. The molecule has 0 saturated carbocycles. The molecule has 0 bridgehead atoms. The zero-order valence-corrected chi connectivity index (χ0v) is 13.1. The highest BCUT2D eigenvalue weighted by Crippen LogP contribution is 2.29. The summed E-state index contributed by atoms with van der Waals surface area (Å²) < 4.78 is 0. The first-order chi connectivity index (χ1) is 10.3. The Morgan fingerprint density at radius 1 is 1.00 bits per heavy atom. The molecular formula is C16H14N2OS2. The van der Waals surface area contributed by atoms with Crippen molar-refractivity contribution in [3.8, 4) is 0 Å². The van der Waals surface area contributed by atoms with E-state index in [9.17, 15) is 4.79 Å². The second kappa shape index (κ2) is 7.90. The van der Waals surface area contributed by atoms with Crippen molar-refractivity contribution in [3.63, 3.8) is 0 Å². The molecule has 21 heavy (non-hydrogen) atoms. The highest BCUT2D eigenvalue weighted by molar-refractivity contribution is 7.99. The van der Waals surface area contributed by atoms with Crippen molar-refractivity contribution in [1.29, 1.82) is 0 Å². The lowest BCUT2D eigenvalue weighted by atomic mass is 10.0. The number of thioether (sulfide) groups is 1. The van der Waals surface area contributed by atoms with Crippen molar-refractivity contribution < 1.29 is 4.79 Å². The van der Waals surface area contributed by atoms with E-state index in [2.05, 4.69) is 41.8 Å². The van der Waals surface area contributed by atoms with Crippen molar-refractivity contribution in [2.75, 3.05) is 6.26 Å². The number of hydrazone groups is 1. The van der Waals surface area contributed by atoms with Crippen LogP contribution in [0, 0.1) is 0 Å². The molecular weight excluding hydrogens is 300 g/mol. The minimum Gasteiger partial charge on any atom is -0.323 e. The first kappa shape index (κ1) is 15.7. The third-order valence-corrected chi connectivity index (χ3v) is 4.59. The van der Waals surface area contributed by atoms with Crippen molar-refractivity contribution in [1.82, 2.24) is 0 Å². The Bertz CT molecular complexity index is 609. The maximum atomic E-state index is 10.8. The summed E-state index contributed by atoms with van der Waals surface area (Å²) in [7, 11) is 0. The van der Waals surface area contributed by atoms with E-state index in [0.717, 1.165) is 10.5 Å². The molecule has 2 rings (SSSR count). The van der Waals surface area contributed by atoms with Crippen LogP contribution in [-0.4, -0.2) is 18.8 Å². The minimum atomic E-state index is -0.630. The van der Waals surface area contributed by atoms with Crippen molar-refractivity contribution >= 4 is 36.0 Å². The number of hydrogen-bond donors (Lipinski definition) is 1. The average molecular weight is 314 g/mol. The average Bonchev–Trinajstić information content (AvgIpc) is 2.54. The van der Waals surface area contributed by atoms with Gasteiger partial charge in [-0.25, -0.2) is 0 Å². The predicted octanol–water partition coefficient (Wildman–Crippen LogP) is 3.57. The van der Waals surface area contributed by atoms with Crippen LogP contribution in [0.5, 0.6) is 0 Å². The zero-order chi connectivity index (χ0) is 15.1. The molecule has 2 radical (unpaired) electrons. The lowest BCUT2D eigenvalue weighted by molar-refractivity contribution is 0.552. The van der Waals surface area contributed by atoms with Crippen LogP contribution >= 0.6 is 23.5 Å². The third kappa shape index (κ3) is 4.37. The predicted molar refractivity (Wildman–Crippen MR) is 88.8 cm³/mol. The Hall–Kier alpha value is -1.72. The fraction of sp³-hybridized carbons (Fsp3) is 0.125. The van der Waals surface area contributed by atoms with Crippen LogP contribution in [0.25, 0.3) is 0 Å². The fourth-order valence-electron chi connectivity index (χ4n) is 1.75. The summed E-state index contributed by atoms with van der Waals surface area (Å²) in [6.45, 7) is 0. The van der Waals surface area contributed by atoms with Gasteiger partial charge in [-0.05, 0) is 48.2 Å². The van der Waals surface area contributed by atoms with Crippen LogP contribution in [0.2, 0.25) is 0 Å². The molecule has 0 fully saturated rings. The molecule has 2 aromatic rings. The molecule has 0 aliphatic heterocycles. The minimum absolute atomic E-state index is 0.630. The van der Waals surface area contributed by atoms with Gasteiger partial charge in [0.2, 0.25) is 6.29 Å². The monoisotopic (exact) mass is 314 g/mol. The van der Waals surface area contributed by atoms with Crippen LogP contribution < -0.4 is 5.84 Å².